The van der Waals surface area contributed by atoms with Crippen LogP contribution >= 0.6 is 0 Å². The largest absolute Gasteiger partial charge is 0.492 e. The minimum Gasteiger partial charge on any atom is -0.492 e. The van der Waals surface area contributed by atoms with Gasteiger partial charge in [0, 0.05) is 18.9 Å². The van der Waals surface area contributed by atoms with Crippen molar-refractivity contribution in [3.63, 3.8) is 0 Å². The van der Waals surface area contributed by atoms with Gasteiger partial charge in [-0.15, -0.1) is 0 Å². The lowest BCUT2D eigenvalue weighted by Crippen LogP contribution is -2.46. The Balaban J connectivity index is 1.64. The van der Waals surface area contributed by atoms with Crippen molar-refractivity contribution in [3.05, 3.63) is 42.4 Å². The average Bonchev–Trinajstić information content (AvgIpc) is 2.70. The normalized spacial score (nSPS) is 16.3. The fourth-order valence-electron chi connectivity index (χ4n) is 2.91. The van der Waals surface area contributed by atoms with Crippen molar-refractivity contribution in [2.45, 2.75) is 25.9 Å². The van der Waals surface area contributed by atoms with Gasteiger partial charge in [0.05, 0.1) is 18.8 Å². The fraction of sp³-hybridized carbons (Fsp3) is 0.368. The number of likely N-dealkylation sites (tertiary alicyclic amines) is 1. The number of para-hydroxylation sites is 2. The number of ether oxygens (including phenoxy) is 2. The highest BCUT2D eigenvalue weighted by Gasteiger charge is 2.26. The van der Waals surface area contributed by atoms with E-state index in [9.17, 15) is 4.79 Å². The minimum atomic E-state index is -0.240. The molecule has 8 heteroatoms. The molecule has 3 rings (SSSR count). The van der Waals surface area contributed by atoms with Gasteiger partial charge in [0.25, 0.3) is 5.88 Å². The predicted molar refractivity (Wildman–Crippen MR) is 98.6 cm³/mol. The summed E-state index contributed by atoms with van der Waals surface area (Å²) in [6.45, 7) is 3.46. The highest BCUT2D eigenvalue weighted by atomic mass is 16.5. The van der Waals surface area contributed by atoms with Crippen molar-refractivity contribution in [1.82, 2.24) is 14.9 Å². The number of piperidine rings is 1. The van der Waals surface area contributed by atoms with Gasteiger partial charge in [-0.2, -0.15) is 5.26 Å². The smallest absolute Gasteiger partial charge is 0.322 e. The number of hydrogen-bond acceptors (Lipinski definition) is 6. The molecule has 1 fully saturated rings. The molecule has 1 N–H and O–H groups in total. The van der Waals surface area contributed by atoms with Crippen LogP contribution in [0.1, 0.15) is 25.5 Å². The number of carbonyl (C=O) groups is 1. The van der Waals surface area contributed by atoms with E-state index in [-0.39, 0.29) is 23.7 Å². The van der Waals surface area contributed by atoms with Gasteiger partial charge in [-0.05, 0) is 31.9 Å². The number of nitrogens with one attached hydrogen (secondary N) is 1. The number of nitrogens with zero attached hydrogens (tertiary/aromatic N) is 4. The van der Waals surface area contributed by atoms with Gasteiger partial charge in [0.1, 0.15) is 17.9 Å². The molecule has 1 atom stereocenters. The molecule has 0 aliphatic carbocycles. The second-order valence-electron chi connectivity index (χ2n) is 6.01. The Hall–Kier alpha value is -3.34. The number of nitriles is 1. The maximum Gasteiger partial charge on any atom is 0.322 e. The summed E-state index contributed by atoms with van der Waals surface area (Å²) < 4.78 is 11.4. The zero-order valence-electron chi connectivity index (χ0n) is 15.1. The van der Waals surface area contributed by atoms with Gasteiger partial charge in [-0.1, -0.05) is 12.1 Å². The lowest BCUT2D eigenvalue weighted by Gasteiger charge is -2.32. The van der Waals surface area contributed by atoms with Crippen molar-refractivity contribution in [3.8, 4) is 17.7 Å². The first-order valence-corrected chi connectivity index (χ1v) is 8.86. The number of benzene rings is 1. The number of rotatable bonds is 5. The van der Waals surface area contributed by atoms with Gasteiger partial charge in [0.15, 0.2) is 0 Å². The summed E-state index contributed by atoms with van der Waals surface area (Å²) in [7, 11) is 0. The average molecular weight is 367 g/mol. The molecule has 1 unspecified atom stereocenters. The SMILES string of the molecule is CCOc1ccccc1NC(=O)N1CCCC(Oc2nccnc2C#N)C1. The van der Waals surface area contributed by atoms with Crippen molar-refractivity contribution in [2.24, 2.45) is 0 Å². The number of aromatic nitrogens is 2. The number of carbonyl (C=O) groups excluding carboxylic acids is 1. The summed E-state index contributed by atoms with van der Waals surface area (Å²) in [5.41, 5.74) is 0.776. The van der Waals surface area contributed by atoms with Crippen LogP contribution in [0.5, 0.6) is 11.6 Å². The Morgan fingerprint density at radius 2 is 2.19 bits per heavy atom. The number of anilines is 1. The van der Waals surface area contributed by atoms with Gasteiger partial charge in [0.2, 0.25) is 5.69 Å². The van der Waals surface area contributed by atoms with E-state index in [2.05, 4.69) is 15.3 Å². The molecule has 2 aromatic rings. The molecule has 140 valence electrons. The zero-order valence-corrected chi connectivity index (χ0v) is 15.1. The number of hydrogen-bond donors (Lipinski definition) is 1. The van der Waals surface area contributed by atoms with E-state index < -0.39 is 0 Å². The first kappa shape index (κ1) is 18.5. The topological polar surface area (TPSA) is 100 Å². The summed E-state index contributed by atoms with van der Waals surface area (Å²) in [5.74, 6) is 0.838. The van der Waals surface area contributed by atoms with E-state index in [4.69, 9.17) is 14.7 Å². The monoisotopic (exact) mass is 367 g/mol. The van der Waals surface area contributed by atoms with E-state index in [0.717, 1.165) is 12.8 Å². The lowest BCUT2D eigenvalue weighted by molar-refractivity contribution is 0.102. The van der Waals surface area contributed by atoms with Crippen LogP contribution in [0, 0.1) is 11.3 Å². The van der Waals surface area contributed by atoms with E-state index in [0.29, 0.717) is 31.1 Å². The van der Waals surface area contributed by atoms with Crippen LogP contribution in [0.3, 0.4) is 0 Å². The Morgan fingerprint density at radius 1 is 1.37 bits per heavy atom. The quantitative estimate of drug-likeness (QED) is 0.872. The molecular weight excluding hydrogens is 346 g/mol. The molecule has 1 aliphatic rings. The molecule has 0 saturated carbocycles. The minimum absolute atomic E-state index is 0.143. The summed E-state index contributed by atoms with van der Waals surface area (Å²) in [6.07, 6.45) is 4.26. The highest BCUT2D eigenvalue weighted by Crippen LogP contribution is 2.25. The fourth-order valence-corrected chi connectivity index (χ4v) is 2.91. The summed E-state index contributed by atoms with van der Waals surface area (Å²) in [5, 5.41) is 12.0. The molecule has 2 heterocycles. The first-order chi connectivity index (χ1) is 13.2. The number of urea groups is 1. The van der Waals surface area contributed by atoms with Crippen LogP contribution in [0.25, 0.3) is 0 Å². The number of amides is 2. The highest BCUT2D eigenvalue weighted by molar-refractivity contribution is 5.91. The molecule has 0 spiro atoms. The Morgan fingerprint density at radius 3 is 3.00 bits per heavy atom. The van der Waals surface area contributed by atoms with E-state index in [1.165, 1.54) is 12.4 Å². The summed E-state index contributed by atoms with van der Waals surface area (Å²) in [4.78, 5) is 22.4. The van der Waals surface area contributed by atoms with Crippen LogP contribution in [-0.2, 0) is 0 Å². The van der Waals surface area contributed by atoms with Crippen LogP contribution in [0.15, 0.2) is 36.7 Å². The van der Waals surface area contributed by atoms with Crippen LogP contribution in [0.2, 0.25) is 0 Å². The van der Waals surface area contributed by atoms with Crippen LogP contribution in [-0.4, -0.2) is 46.7 Å². The molecule has 8 nitrogen and oxygen atoms in total. The third-order valence-electron chi connectivity index (χ3n) is 4.14. The van der Waals surface area contributed by atoms with Crippen molar-refractivity contribution < 1.29 is 14.3 Å². The molecule has 1 aliphatic heterocycles. The summed E-state index contributed by atoms with van der Waals surface area (Å²) >= 11 is 0. The molecule has 0 bridgehead atoms. The maximum absolute atomic E-state index is 12.7. The molecule has 27 heavy (non-hydrogen) atoms. The molecule has 1 aromatic heterocycles. The van der Waals surface area contributed by atoms with Crippen molar-refractivity contribution in [2.75, 3.05) is 25.0 Å². The van der Waals surface area contributed by atoms with Gasteiger partial charge >= 0.3 is 6.03 Å². The predicted octanol–water partition coefficient (Wildman–Crippen LogP) is 2.82. The van der Waals surface area contributed by atoms with Gasteiger partial charge in [-0.25, -0.2) is 14.8 Å². The third-order valence-corrected chi connectivity index (χ3v) is 4.14. The third kappa shape index (κ3) is 4.64. The molecule has 1 saturated heterocycles. The molecule has 0 radical (unpaired) electrons. The van der Waals surface area contributed by atoms with Crippen molar-refractivity contribution in [1.29, 1.82) is 5.26 Å². The van der Waals surface area contributed by atoms with Gasteiger partial charge < -0.3 is 19.7 Å². The van der Waals surface area contributed by atoms with E-state index in [1.54, 1.807) is 11.0 Å². The van der Waals surface area contributed by atoms with Crippen LogP contribution < -0.4 is 14.8 Å². The van der Waals surface area contributed by atoms with Crippen LogP contribution in [0.4, 0.5) is 10.5 Å². The van der Waals surface area contributed by atoms with E-state index >= 15 is 0 Å². The second-order valence-corrected chi connectivity index (χ2v) is 6.01. The first-order valence-electron chi connectivity index (χ1n) is 8.86. The van der Waals surface area contributed by atoms with Crippen molar-refractivity contribution >= 4 is 11.7 Å². The Labute approximate surface area is 157 Å². The molecular formula is C19H21N5O3. The zero-order chi connectivity index (χ0) is 19.1. The molecule has 1 aromatic carbocycles. The molecule has 2 amide bonds. The van der Waals surface area contributed by atoms with E-state index in [1.807, 2.05) is 31.2 Å². The lowest BCUT2D eigenvalue weighted by atomic mass is 10.1. The Kier molecular flexibility index (Phi) is 6.05. The van der Waals surface area contributed by atoms with Gasteiger partial charge in [-0.3, -0.25) is 0 Å². The standard InChI is InChI=1S/C19H21N5O3/c1-2-26-17-8-4-3-7-15(17)23-19(25)24-11-5-6-14(13-24)27-18-16(12-20)21-9-10-22-18/h3-4,7-10,14H,2,5-6,11,13H2,1H3,(H,23,25). The summed E-state index contributed by atoms with van der Waals surface area (Å²) in [6, 6.07) is 9.08. The Bertz CT molecular complexity index is 836. The maximum atomic E-state index is 12.7. The second kappa shape index (κ2) is 8.85.